The maximum atomic E-state index is 6.22. The summed E-state index contributed by atoms with van der Waals surface area (Å²) in [5.74, 6) is 0.779. The van der Waals surface area contributed by atoms with E-state index in [1.165, 1.54) is 25.7 Å². The first-order valence-corrected chi connectivity index (χ1v) is 5.09. The average Bonchev–Trinajstić information content (AvgIpc) is 2.74. The van der Waals surface area contributed by atoms with E-state index in [2.05, 4.69) is 6.92 Å². The van der Waals surface area contributed by atoms with Crippen molar-refractivity contribution in [1.82, 2.24) is 0 Å². The molecule has 12 heavy (non-hydrogen) atoms. The summed E-state index contributed by atoms with van der Waals surface area (Å²) in [6.45, 7) is 3.14. The molecule has 0 aromatic rings. The molecule has 0 amide bonds. The third-order valence-electron chi connectivity index (χ3n) is 3.20. The molecule has 1 heterocycles. The summed E-state index contributed by atoms with van der Waals surface area (Å²) in [7, 11) is 0. The van der Waals surface area contributed by atoms with Gasteiger partial charge in [0.1, 0.15) is 0 Å². The van der Waals surface area contributed by atoms with Crippen molar-refractivity contribution in [2.24, 2.45) is 11.7 Å². The lowest BCUT2D eigenvalue weighted by atomic mass is 9.89. The molecule has 0 aromatic carbocycles. The molecule has 2 heteroatoms. The largest absolute Gasteiger partial charge is 0.378 e. The lowest BCUT2D eigenvalue weighted by molar-refractivity contribution is 0.0820. The van der Waals surface area contributed by atoms with Gasteiger partial charge in [-0.15, -0.1) is 0 Å². The molecule has 1 saturated carbocycles. The van der Waals surface area contributed by atoms with Gasteiger partial charge in [0.25, 0.3) is 0 Å². The Kier molecular flexibility index (Phi) is 2.13. The first kappa shape index (κ1) is 8.52. The van der Waals surface area contributed by atoms with Crippen LogP contribution in [-0.4, -0.2) is 18.2 Å². The molecule has 1 saturated heterocycles. The molecule has 0 radical (unpaired) electrons. The van der Waals surface area contributed by atoms with Crippen LogP contribution in [0, 0.1) is 5.92 Å². The van der Waals surface area contributed by atoms with E-state index in [9.17, 15) is 0 Å². The minimum Gasteiger partial charge on any atom is -0.378 e. The van der Waals surface area contributed by atoms with Crippen LogP contribution in [0.3, 0.4) is 0 Å². The maximum absolute atomic E-state index is 6.22. The highest BCUT2D eigenvalue weighted by Crippen LogP contribution is 2.41. The molecule has 2 N–H and O–H groups in total. The average molecular weight is 169 g/mol. The monoisotopic (exact) mass is 169 g/mol. The Morgan fingerprint density at radius 1 is 1.42 bits per heavy atom. The van der Waals surface area contributed by atoms with Crippen molar-refractivity contribution in [1.29, 1.82) is 0 Å². The number of ether oxygens (including phenoxy) is 1. The van der Waals surface area contributed by atoms with Crippen molar-refractivity contribution in [2.75, 3.05) is 6.61 Å². The fourth-order valence-corrected chi connectivity index (χ4v) is 2.21. The molecule has 2 atom stereocenters. The number of hydrogen-bond donors (Lipinski definition) is 1. The van der Waals surface area contributed by atoms with Crippen LogP contribution in [-0.2, 0) is 4.74 Å². The molecule has 70 valence electrons. The van der Waals surface area contributed by atoms with Gasteiger partial charge in [-0.25, -0.2) is 0 Å². The molecule has 2 fully saturated rings. The molecule has 0 aromatic heterocycles. The van der Waals surface area contributed by atoms with Gasteiger partial charge < -0.3 is 10.5 Å². The van der Waals surface area contributed by atoms with Crippen LogP contribution in [0.1, 0.15) is 39.0 Å². The molecular formula is C10H19NO. The SMILES string of the molecule is CC(N)(CC1CCCO1)C1CC1. The standard InChI is InChI=1S/C10H19NO/c1-10(11,8-4-5-8)7-9-3-2-6-12-9/h8-9H,2-7,11H2,1H3. The quantitative estimate of drug-likeness (QED) is 0.697. The summed E-state index contributed by atoms with van der Waals surface area (Å²) in [5.41, 5.74) is 6.27. The highest BCUT2D eigenvalue weighted by molar-refractivity contribution is 4.97. The van der Waals surface area contributed by atoms with Crippen LogP contribution in [0.4, 0.5) is 0 Å². The molecule has 2 unspecified atom stereocenters. The minimum absolute atomic E-state index is 0.0506. The normalized spacial score (nSPS) is 35.0. The smallest absolute Gasteiger partial charge is 0.0593 e. The molecular weight excluding hydrogens is 150 g/mol. The third kappa shape index (κ3) is 1.80. The molecule has 0 bridgehead atoms. The topological polar surface area (TPSA) is 35.2 Å². The van der Waals surface area contributed by atoms with Crippen LogP contribution in [0.5, 0.6) is 0 Å². The predicted molar refractivity (Wildman–Crippen MR) is 48.9 cm³/mol. The van der Waals surface area contributed by atoms with Gasteiger partial charge in [0.2, 0.25) is 0 Å². The summed E-state index contributed by atoms with van der Waals surface area (Å²) in [6.07, 6.45) is 6.64. The molecule has 2 nitrogen and oxygen atoms in total. The van der Waals surface area contributed by atoms with E-state index >= 15 is 0 Å². The van der Waals surface area contributed by atoms with E-state index in [4.69, 9.17) is 10.5 Å². The second-order valence-corrected chi connectivity index (χ2v) is 4.62. The molecule has 2 rings (SSSR count). The number of rotatable bonds is 3. The summed E-state index contributed by atoms with van der Waals surface area (Å²) < 4.78 is 5.59. The van der Waals surface area contributed by atoms with Crippen molar-refractivity contribution in [2.45, 2.75) is 50.7 Å². The van der Waals surface area contributed by atoms with Crippen LogP contribution in [0.2, 0.25) is 0 Å². The van der Waals surface area contributed by atoms with Gasteiger partial charge >= 0.3 is 0 Å². The highest BCUT2D eigenvalue weighted by Gasteiger charge is 2.40. The fraction of sp³-hybridized carbons (Fsp3) is 1.00. The zero-order chi connectivity index (χ0) is 8.60. The zero-order valence-electron chi connectivity index (χ0n) is 7.88. The van der Waals surface area contributed by atoms with Gasteiger partial charge in [-0.2, -0.15) is 0 Å². The molecule has 1 aliphatic heterocycles. The summed E-state index contributed by atoms with van der Waals surface area (Å²) in [6, 6.07) is 0. The van der Waals surface area contributed by atoms with E-state index in [1.807, 2.05) is 0 Å². The van der Waals surface area contributed by atoms with E-state index in [-0.39, 0.29) is 5.54 Å². The lowest BCUT2D eigenvalue weighted by Crippen LogP contribution is -2.41. The van der Waals surface area contributed by atoms with Gasteiger partial charge in [-0.1, -0.05) is 0 Å². The zero-order valence-corrected chi connectivity index (χ0v) is 7.88. The Labute approximate surface area is 74.5 Å². The van der Waals surface area contributed by atoms with Crippen molar-refractivity contribution in [3.63, 3.8) is 0 Å². The Balaban J connectivity index is 1.83. The Bertz CT molecular complexity index is 157. The second kappa shape index (κ2) is 3.00. The van der Waals surface area contributed by atoms with Gasteiger partial charge in [0, 0.05) is 12.1 Å². The number of nitrogens with two attached hydrogens (primary N) is 1. The van der Waals surface area contributed by atoms with Crippen LogP contribution >= 0.6 is 0 Å². The van der Waals surface area contributed by atoms with Gasteiger partial charge in [-0.05, 0) is 44.9 Å². The van der Waals surface area contributed by atoms with Crippen molar-refractivity contribution < 1.29 is 4.74 Å². The van der Waals surface area contributed by atoms with Crippen molar-refractivity contribution >= 4 is 0 Å². The summed E-state index contributed by atoms with van der Waals surface area (Å²) in [4.78, 5) is 0. The van der Waals surface area contributed by atoms with Crippen molar-refractivity contribution in [3.05, 3.63) is 0 Å². The summed E-state index contributed by atoms with van der Waals surface area (Å²) in [5, 5.41) is 0. The Morgan fingerprint density at radius 3 is 2.67 bits per heavy atom. The maximum Gasteiger partial charge on any atom is 0.0593 e. The van der Waals surface area contributed by atoms with Crippen molar-refractivity contribution in [3.8, 4) is 0 Å². The minimum atomic E-state index is 0.0506. The fourth-order valence-electron chi connectivity index (χ4n) is 2.21. The van der Waals surface area contributed by atoms with Crippen LogP contribution < -0.4 is 5.73 Å². The van der Waals surface area contributed by atoms with Crippen LogP contribution in [0.25, 0.3) is 0 Å². The Hall–Kier alpha value is -0.0800. The lowest BCUT2D eigenvalue weighted by Gasteiger charge is -2.27. The van der Waals surface area contributed by atoms with Gasteiger partial charge in [-0.3, -0.25) is 0 Å². The van der Waals surface area contributed by atoms with Crippen LogP contribution in [0.15, 0.2) is 0 Å². The molecule has 2 aliphatic rings. The molecule has 1 aliphatic carbocycles. The second-order valence-electron chi connectivity index (χ2n) is 4.62. The highest BCUT2D eigenvalue weighted by atomic mass is 16.5. The molecule has 0 spiro atoms. The summed E-state index contributed by atoms with van der Waals surface area (Å²) >= 11 is 0. The third-order valence-corrected chi connectivity index (χ3v) is 3.20. The first-order valence-electron chi connectivity index (χ1n) is 5.09. The van der Waals surface area contributed by atoms with Gasteiger partial charge in [0.05, 0.1) is 6.10 Å². The Morgan fingerprint density at radius 2 is 2.17 bits per heavy atom. The first-order chi connectivity index (χ1) is 5.68. The number of hydrogen-bond acceptors (Lipinski definition) is 2. The van der Waals surface area contributed by atoms with E-state index < -0.39 is 0 Å². The van der Waals surface area contributed by atoms with Gasteiger partial charge in [0.15, 0.2) is 0 Å². The van der Waals surface area contributed by atoms with E-state index in [1.54, 1.807) is 0 Å². The van der Waals surface area contributed by atoms with E-state index in [0.717, 1.165) is 18.9 Å². The predicted octanol–water partition coefficient (Wildman–Crippen LogP) is 1.68. The van der Waals surface area contributed by atoms with E-state index in [0.29, 0.717) is 6.10 Å².